The Kier molecular flexibility index (Phi) is 9.60. The Morgan fingerprint density at radius 1 is 0.711 bits per heavy atom. The van der Waals surface area contributed by atoms with Gasteiger partial charge in [-0.15, -0.1) is 0 Å². The lowest BCUT2D eigenvalue weighted by Crippen LogP contribution is -2.75. The van der Waals surface area contributed by atoms with E-state index in [1.807, 2.05) is 0 Å². The number of nitrogens with zero attached hydrogens (tertiary/aromatic N) is 1. The van der Waals surface area contributed by atoms with Gasteiger partial charge in [-0.25, -0.2) is 13.2 Å². The second-order valence-corrected chi connectivity index (χ2v) is 9.10. The summed E-state index contributed by atoms with van der Waals surface area (Å²) in [5.74, 6) is -53.1. The average molecular weight is 625 g/mol. The van der Waals surface area contributed by atoms with Gasteiger partial charge in [-0.2, -0.15) is 78.9 Å². The number of sulfonamides is 1. The summed E-state index contributed by atoms with van der Waals surface area (Å²) in [6.07, 6.45) is -8.29. The van der Waals surface area contributed by atoms with Crippen LogP contribution in [0.3, 0.4) is 0 Å². The lowest BCUT2D eigenvalue weighted by molar-refractivity contribution is -0.458. The third-order valence-electron chi connectivity index (χ3n) is 4.46. The van der Waals surface area contributed by atoms with Crippen molar-refractivity contribution in [1.82, 2.24) is 4.31 Å². The van der Waals surface area contributed by atoms with E-state index in [-0.39, 0.29) is 7.05 Å². The Hall–Kier alpha value is -2.07. The SMILES string of the molecule is C=CC(=O)OCCCN(C)S(=O)(=O)C(F)(F)C(F)(F)C(F)(F)C(F)(F)C(F)(F)C(F)(F)C(F)(F)C(F)(F)F. The standard InChI is InChI=1S/C15H12F17NO4S/c1-3-7(34)37-6-4-5-33(2)38(35,36)15(31,32)13(26,27)11(22,23)9(18,19)8(16,17)10(20,21)12(24,25)14(28,29)30/h3H,1,4-6H2,2H3. The molecule has 0 spiro atoms. The van der Waals surface area contributed by atoms with Gasteiger partial charge in [-0.3, -0.25) is 0 Å². The molecule has 0 saturated heterocycles. The number of halogens is 17. The molecular formula is C15H12F17NO4S. The maximum Gasteiger partial charge on any atom is 0.460 e. The molecule has 0 rings (SSSR count). The van der Waals surface area contributed by atoms with Crippen LogP contribution in [0.4, 0.5) is 74.6 Å². The molecule has 0 atom stereocenters. The lowest BCUT2D eigenvalue weighted by Gasteiger charge is -2.42. The molecular weight excluding hydrogens is 613 g/mol. The molecule has 0 aliphatic rings. The van der Waals surface area contributed by atoms with Crippen molar-refractivity contribution in [2.24, 2.45) is 0 Å². The smallest absolute Gasteiger partial charge is 0.460 e. The quantitative estimate of drug-likeness (QED) is 0.120. The van der Waals surface area contributed by atoms with Gasteiger partial charge >= 0.3 is 52.9 Å². The first-order valence-corrected chi connectivity index (χ1v) is 10.3. The van der Waals surface area contributed by atoms with Crippen molar-refractivity contribution >= 4 is 16.0 Å². The summed E-state index contributed by atoms with van der Waals surface area (Å²) in [5, 5.41) is -7.63. The molecule has 0 N–H and O–H groups in total. The molecule has 0 aromatic carbocycles. The number of esters is 1. The van der Waals surface area contributed by atoms with E-state index in [1.165, 1.54) is 0 Å². The average Bonchev–Trinajstić information content (AvgIpc) is 2.74. The van der Waals surface area contributed by atoms with Crippen LogP contribution in [-0.4, -0.2) is 85.9 Å². The van der Waals surface area contributed by atoms with E-state index in [4.69, 9.17) is 0 Å². The number of hydrogen-bond acceptors (Lipinski definition) is 4. The summed E-state index contributed by atoms with van der Waals surface area (Å²) in [6.45, 7) is 0.521. The van der Waals surface area contributed by atoms with Crippen molar-refractivity contribution in [2.75, 3.05) is 20.2 Å². The minimum Gasteiger partial charge on any atom is -0.462 e. The summed E-state index contributed by atoms with van der Waals surface area (Å²) in [7, 11) is -7.48. The lowest BCUT2D eigenvalue weighted by atomic mass is 9.91. The fourth-order valence-electron chi connectivity index (χ4n) is 2.15. The fraction of sp³-hybridized carbons (Fsp3) is 0.800. The highest BCUT2D eigenvalue weighted by Gasteiger charge is 2.96. The highest BCUT2D eigenvalue weighted by molar-refractivity contribution is 7.90. The van der Waals surface area contributed by atoms with Gasteiger partial charge in [-0.1, -0.05) is 6.58 Å². The molecule has 23 heteroatoms. The summed E-state index contributed by atoms with van der Waals surface area (Å²) in [6, 6.07) is 0. The maximum absolute atomic E-state index is 14.0. The van der Waals surface area contributed by atoms with E-state index in [1.54, 1.807) is 0 Å². The van der Waals surface area contributed by atoms with Crippen LogP contribution < -0.4 is 0 Å². The minimum atomic E-state index is -8.89. The van der Waals surface area contributed by atoms with Gasteiger partial charge in [-0.05, 0) is 6.42 Å². The van der Waals surface area contributed by atoms with Crippen molar-refractivity contribution < 1.29 is 92.6 Å². The summed E-state index contributed by atoms with van der Waals surface area (Å²) in [5.41, 5.74) is 0. The van der Waals surface area contributed by atoms with Gasteiger partial charge in [0.05, 0.1) is 6.61 Å². The summed E-state index contributed by atoms with van der Waals surface area (Å²) < 4.78 is 252. The van der Waals surface area contributed by atoms with E-state index in [0.29, 0.717) is 6.08 Å². The van der Waals surface area contributed by atoms with Crippen molar-refractivity contribution in [2.45, 2.75) is 53.4 Å². The van der Waals surface area contributed by atoms with Crippen LogP contribution >= 0.6 is 0 Å². The molecule has 0 aromatic heterocycles. The zero-order valence-corrected chi connectivity index (χ0v) is 18.6. The molecule has 5 nitrogen and oxygen atoms in total. The van der Waals surface area contributed by atoms with E-state index < -0.39 is 86.8 Å². The highest BCUT2D eigenvalue weighted by Crippen LogP contribution is 2.64. The normalized spacial score (nSPS) is 15.6. The Morgan fingerprint density at radius 2 is 1.05 bits per heavy atom. The monoisotopic (exact) mass is 625 g/mol. The van der Waals surface area contributed by atoms with Crippen molar-refractivity contribution in [3.63, 3.8) is 0 Å². The predicted molar refractivity (Wildman–Crippen MR) is 88.0 cm³/mol. The van der Waals surface area contributed by atoms with Gasteiger partial charge in [0.2, 0.25) is 0 Å². The molecule has 226 valence electrons. The molecule has 0 bridgehead atoms. The molecule has 38 heavy (non-hydrogen) atoms. The third-order valence-corrected chi connectivity index (χ3v) is 6.36. The molecule has 0 unspecified atom stereocenters. The van der Waals surface area contributed by atoms with Gasteiger partial charge in [0.25, 0.3) is 10.0 Å². The van der Waals surface area contributed by atoms with E-state index in [0.717, 1.165) is 0 Å². The second-order valence-electron chi connectivity index (χ2n) is 7.01. The van der Waals surface area contributed by atoms with Gasteiger partial charge in [0.1, 0.15) is 0 Å². The van der Waals surface area contributed by atoms with Crippen LogP contribution in [0.15, 0.2) is 12.7 Å². The van der Waals surface area contributed by atoms with Crippen LogP contribution in [0.5, 0.6) is 0 Å². The van der Waals surface area contributed by atoms with Crippen molar-refractivity contribution in [3.05, 3.63) is 12.7 Å². The van der Waals surface area contributed by atoms with Crippen LogP contribution in [0.1, 0.15) is 6.42 Å². The molecule has 0 aliphatic carbocycles. The van der Waals surface area contributed by atoms with Crippen molar-refractivity contribution in [1.29, 1.82) is 0 Å². The Balaban J connectivity index is 6.57. The van der Waals surface area contributed by atoms with Crippen LogP contribution in [0, 0.1) is 0 Å². The number of hydrogen-bond donors (Lipinski definition) is 0. The number of carbonyl (C=O) groups excluding carboxylic acids is 1. The minimum absolute atomic E-state index is 0.114. The molecule has 0 amide bonds. The number of rotatable bonds is 13. The first-order valence-electron chi connectivity index (χ1n) is 8.84. The molecule has 0 aromatic rings. The predicted octanol–water partition coefficient (Wildman–Crippen LogP) is 5.33. The molecule has 0 radical (unpaired) electrons. The van der Waals surface area contributed by atoms with E-state index in [9.17, 15) is 87.8 Å². The van der Waals surface area contributed by atoms with Crippen LogP contribution in [-0.2, 0) is 19.6 Å². The topological polar surface area (TPSA) is 63.7 Å². The third kappa shape index (κ3) is 5.10. The highest BCUT2D eigenvalue weighted by atomic mass is 32.2. The number of alkyl halides is 17. The second kappa shape index (κ2) is 10.2. The first kappa shape index (κ1) is 35.9. The number of ether oxygens (including phenoxy) is 1. The van der Waals surface area contributed by atoms with Gasteiger partial charge in [0.15, 0.2) is 0 Å². The van der Waals surface area contributed by atoms with Gasteiger partial charge < -0.3 is 4.74 Å². The molecule has 0 saturated carbocycles. The summed E-state index contributed by atoms with van der Waals surface area (Å²) >= 11 is 0. The van der Waals surface area contributed by atoms with Crippen molar-refractivity contribution in [3.8, 4) is 0 Å². The summed E-state index contributed by atoms with van der Waals surface area (Å²) in [4.78, 5) is 10.7. The molecule has 0 aliphatic heterocycles. The van der Waals surface area contributed by atoms with E-state index >= 15 is 0 Å². The zero-order valence-electron chi connectivity index (χ0n) is 17.8. The van der Waals surface area contributed by atoms with E-state index in [2.05, 4.69) is 11.3 Å². The van der Waals surface area contributed by atoms with Crippen LogP contribution in [0.2, 0.25) is 0 Å². The number of carbonyl (C=O) groups is 1. The molecule has 0 fully saturated rings. The van der Waals surface area contributed by atoms with Gasteiger partial charge in [0, 0.05) is 19.7 Å². The fourth-order valence-corrected chi connectivity index (χ4v) is 3.36. The zero-order chi connectivity index (χ0) is 31.2. The maximum atomic E-state index is 14.0. The Morgan fingerprint density at radius 3 is 1.39 bits per heavy atom. The molecule has 0 heterocycles. The Labute approximate surface area is 200 Å². The largest absolute Gasteiger partial charge is 0.462 e. The first-order chi connectivity index (χ1) is 16.4. The Bertz CT molecular complexity index is 990. The van der Waals surface area contributed by atoms with Crippen LogP contribution in [0.25, 0.3) is 0 Å².